The second-order valence-electron chi connectivity index (χ2n) is 5.55. The lowest BCUT2D eigenvalue weighted by atomic mass is 10.1. The van der Waals surface area contributed by atoms with Gasteiger partial charge in [-0.25, -0.2) is 4.98 Å². The highest BCUT2D eigenvalue weighted by atomic mass is 32.1. The maximum absolute atomic E-state index is 5.51. The molecule has 4 rings (SSSR count). The van der Waals surface area contributed by atoms with Crippen LogP contribution in [0.3, 0.4) is 0 Å². The van der Waals surface area contributed by atoms with E-state index >= 15 is 0 Å². The first kappa shape index (κ1) is 11.4. The van der Waals surface area contributed by atoms with E-state index in [4.69, 9.17) is 17.0 Å². The third-order valence-electron chi connectivity index (χ3n) is 4.17. The van der Waals surface area contributed by atoms with Crippen molar-refractivity contribution in [2.45, 2.75) is 31.7 Å². The lowest BCUT2D eigenvalue weighted by Crippen LogP contribution is -2.14. The predicted molar refractivity (Wildman–Crippen MR) is 73.7 cm³/mol. The second-order valence-corrected chi connectivity index (χ2v) is 5.93. The third-order valence-corrected chi connectivity index (χ3v) is 4.47. The number of methoxy groups -OCH3 is 1. The van der Waals surface area contributed by atoms with Gasteiger partial charge in [-0.1, -0.05) is 0 Å². The number of hydrogen-bond donors (Lipinski definition) is 1. The molecule has 2 aromatic heterocycles. The molecular weight excluding hydrogens is 260 g/mol. The summed E-state index contributed by atoms with van der Waals surface area (Å²) in [5, 5.41) is 0. The van der Waals surface area contributed by atoms with Gasteiger partial charge in [0, 0.05) is 6.04 Å². The minimum Gasteiger partial charge on any atom is -0.479 e. The molecule has 1 N–H and O–H groups in total. The largest absolute Gasteiger partial charge is 0.479 e. The Labute approximate surface area is 116 Å². The average Bonchev–Trinajstić information content (AvgIpc) is 3.30. The fraction of sp³-hybridized carbons (Fsp3) is 0.615. The van der Waals surface area contributed by atoms with Crippen LogP contribution in [0.4, 0.5) is 0 Å². The van der Waals surface area contributed by atoms with Gasteiger partial charge >= 0.3 is 0 Å². The molecule has 2 aliphatic carbocycles. The number of ether oxygens (including phenoxy) is 1. The number of nitrogens with zero attached hydrogens (tertiary/aromatic N) is 3. The highest BCUT2D eigenvalue weighted by Crippen LogP contribution is 2.52. The lowest BCUT2D eigenvalue weighted by molar-refractivity contribution is 0.396. The summed E-state index contributed by atoms with van der Waals surface area (Å²) in [5.74, 6) is 2.12. The van der Waals surface area contributed by atoms with Crippen molar-refractivity contribution in [3.63, 3.8) is 0 Å². The Balaban J connectivity index is 1.93. The van der Waals surface area contributed by atoms with Gasteiger partial charge in [-0.15, -0.1) is 0 Å². The first-order valence-electron chi connectivity index (χ1n) is 6.79. The summed E-state index contributed by atoms with van der Waals surface area (Å²) >= 11 is 5.51. The van der Waals surface area contributed by atoms with Gasteiger partial charge < -0.3 is 9.72 Å². The van der Waals surface area contributed by atoms with Gasteiger partial charge in [-0.3, -0.25) is 4.57 Å². The van der Waals surface area contributed by atoms with Gasteiger partial charge in [-0.2, -0.15) is 4.98 Å². The van der Waals surface area contributed by atoms with Crippen LogP contribution in [0.25, 0.3) is 11.2 Å². The van der Waals surface area contributed by atoms with Crippen molar-refractivity contribution >= 4 is 23.4 Å². The van der Waals surface area contributed by atoms with Gasteiger partial charge in [0.1, 0.15) is 11.8 Å². The summed E-state index contributed by atoms with van der Waals surface area (Å²) in [6.45, 7) is 0. The third kappa shape index (κ3) is 1.77. The smallest absolute Gasteiger partial charge is 0.242 e. The minimum absolute atomic E-state index is 0.515. The molecule has 2 aromatic rings. The summed E-state index contributed by atoms with van der Waals surface area (Å²) < 4.78 is 8.25. The Morgan fingerprint density at radius 3 is 2.58 bits per heavy atom. The Morgan fingerprint density at radius 2 is 2.00 bits per heavy atom. The monoisotopic (exact) mass is 276 g/mol. The van der Waals surface area contributed by atoms with E-state index in [1.54, 1.807) is 13.4 Å². The molecule has 0 bridgehead atoms. The topological polar surface area (TPSA) is 55.7 Å². The Hall–Kier alpha value is -1.43. The van der Waals surface area contributed by atoms with Crippen LogP contribution < -0.4 is 4.74 Å². The summed E-state index contributed by atoms with van der Waals surface area (Å²) in [6.07, 6.45) is 6.82. The maximum Gasteiger partial charge on any atom is 0.242 e. The zero-order chi connectivity index (χ0) is 13.0. The normalized spacial score (nSPS) is 19.3. The molecule has 0 radical (unpaired) electrons. The van der Waals surface area contributed by atoms with Crippen molar-refractivity contribution in [1.29, 1.82) is 0 Å². The molecular formula is C13H16N4OS. The highest BCUT2D eigenvalue weighted by Gasteiger charge is 2.43. The molecule has 0 saturated heterocycles. The maximum atomic E-state index is 5.51. The van der Waals surface area contributed by atoms with E-state index in [0.717, 1.165) is 27.8 Å². The number of nitrogens with one attached hydrogen (secondary N) is 1. The van der Waals surface area contributed by atoms with E-state index in [9.17, 15) is 0 Å². The van der Waals surface area contributed by atoms with Gasteiger partial charge in [-0.05, 0) is 49.7 Å². The number of fused-ring (bicyclic) bond motifs is 1. The van der Waals surface area contributed by atoms with Crippen molar-refractivity contribution in [3.05, 3.63) is 11.1 Å². The quantitative estimate of drug-likeness (QED) is 0.872. The molecule has 100 valence electrons. The molecule has 2 fully saturated rings. The van der Waals surface area contributed by atoms with Crippen molar-refractivity contribution < 1.29 is 4.74 Å². The van der Waals surface area contributed by atoms with E-state index in [2.05, 4.69) is 19.5 Å². The van der Waals surface area contributed by atoms with Gasteiger partial charge in [0.05, 0.1) is 7.11 Å². The molecule has 19 heavy (non-hydrogen) atoms. The zero-order valence-electron chi connectivity index (χ0n) is 10.8. The SMILES string of the molecule is COc1ncnc2c1[nH]c(=S)n2C(C1CC1)C1CC1. The number of aromatic nitrogens is 4. The van der Waals surface area contributed by atoms with Crippen LogP contribution in [0, 0.1) is 16.6 Å². The van der Waals surface area contributed by atoms with Crippen LogP contribution in [-0.2, 0) is 0 Å². The van der Waals surface area contributed by atoms with Crippen molar-refractivity contribution in [2.24, 2.45) is 11.8 Å². The summed E-state index contributed by atoms with van der Waals surface area (Å²) in [7, 11) is 1.62. The molecule has 2 saturated carbocycles. The number of H-pyrrole nitrogens is 1. The summed E-state index contributed by atoms with van der Waals surface area (Å²) in [6, 6.07) is 0.515. The first-order chi connectivity index (χ1) is 9.29. The van der Waals surface area contributed by atoms with Gasteiger partial charge in [0.2, 0.25) is 5.88 Å². The molecule has 0 aromatic carbocycles. The number of hydrogen-bond acceptors (Lipinski definition) is 4. The van der Waals surface area contributed by atoms with Crippen LogP contribution in [0.5, 0.6) is 5.88 Å². The summed E-state index contributed by atoms with van der Waals surface area (Å²) in [5.41, 5.74) is 1.71. The van der Waals surface area contributed by atoms with E-state index < -0.39 is 0 Å². The van der Waals surface area contributed by atoms with E-state index in [0.29, 0.717) is 11.9 Å². The fourth-order valence-corrected chi connectivity index (χ4v) is 3.34. The van der Waals surface area contributed by atoms with Crippen molar-refractivity contribution in [3.8, 4) is 5.88 Å². The number of aromatic amines is 1. The Morgan fingerprint density at radius 1 is 1.32 bits per heavy atom. The second kappa shape index (κ2) is 4.03. The molecule has 5 nitrogen and oxygen atoms in total. The molecule has 0 atom stereocenters. The molecule has 0 aliphatic heterocycles. The highest BCUT2D eigenvalue weighted by molar-refractivity contribution is 7.71. The molecule has 2 heterocycles. The van der Waals surface area contributed by atoms with Crippen LogP contribution in [-0.4, -0.2) is 26.6 Å². The standard InChI is InChI=1S/C13H16N4OS/c1-18-12-9-11(14-6-15-12)17(13(19)16-9)10(7-2-3-7)8-4-5-8/h6-8,10H,2-5H2,1H3,(H,16,19). The zero-order valence-corrected chi connectivity index (χ0v) is 11.6. The number of imidazole rings is 1. The molecule has 0 spiro atoms. The minimum atomic E-state index is 0.515. The first-order valence-corrected chi connectivity index (χ1v) is 7.19. The Kier molecular flexibility index (Phi) is 2.42. The number of rotatable bonds is 4. The lowest BCUT2D eigenvalue weighted by Gasteiger charge is -2.17. The van der Waals surface area contributed by atoms with Crippen LogP contribution in [0.1, 0.15) is 31.7 Å². The molecule has 0 amide bonds. The fourth-order valence-electron chi connectivity index (χ4n) is 3.03. The Bertz CT molecular complexity index is 671. The molecule has 6 heteroatoms. The van der Waals surface area contributed by atoms with E-state index in [1.165, 1.54) is 25.7 Å². The van der Waals surface area contributed by atoms with E-state index in [1.807, 2.05) is 0 Å². The van der Waals surface area contributed by atoms with E-state index in [-0.39, 0.29) is 0 Å². The molecule has 2 aliphatic rings. The van der Waals surface area contributed by atoms with Crippen molar-refractivity contribution in [1.82, 2.24) is 19.5 Å². The predicted octanol–water partition coefficient (Wildman–Crippen LogP) is 2.86. The van der Waals surface area contributed by atoms with Crippen LogP contribution in [0.2, 0.25) is 0 Å². The van der Waals surface area contributed by atoms with Crippen molar-refractivity contribution in [2.75, 3.05) is 7.11 Å². The molecule has 0 unspecified atom stereocenters. The van der Waals surface area contributed by atoms with Gasteiger partial charge in [0.15, 0.2) is 10.4 Å². The van der Waals surface area contributed by atoms with Gasteiger partial charge in [0.25, 0.3) is 0 Å². The summed E-state index contributed by atoms with van der Waals surface area (Å²) in [4.78, 5) is 11.8. The van der Waals surface area contributed by atoms with Crippen LogP contribution in [0.15, 0.2) is 6.33 Å². The van der Waals surface area contributed by atoms with Crippen LogP contribution >= 0.6 is 12.2 Å². The average molecular weight is 276 g/mol.